The Balaban J connectivity index is 1.52. The number of anilines is 2. The molecule has 0 saturated carbocycles. The van der Waals surface area contributed by atoms with Gasteiger partial charge in [-0.3, -0.25) is 0 Å². The number of hydrogen-bond donors (Lipinski definition) is 2. The maximum Gasteiger partial charge on any atom is 0.215 e. The van der Waals surface area contributed by atoms with E-state index in [1.807, 2.05) is 13.0 Å². The summed E-state index contributed by atoms with van der Waals surface area (Å²) in [7, 11) is -3.62. The average molecular weight is 408 g/mol. The minimum Gasteiger partial charge on any atom is -0.369 e. The summed E-state index contributed by atoms with van der Waals surface area (Å²) >= 11 is 0. The van der Waals surface area contributed by atoms with Gasteiger partial charge in [-0.05, 0) is 32.3 Å². The highest BCUT2D eigenvalue weighted by atomic mass is 32.2. The molecule has 1 aliphatic rings. The van der Waals surface area contributed by atoms with Crippen LogP contribution in [0.15, 0.2) is 30.3 Å². The number of piperidine rings is 1. The van der Waals surface area contributed by atoms with Crippen LogP contribution in [0.2, 0.25) is 0 Å². The number of halogens is 1. The second kappa shape index (κ2) is 9.29. The summed E-state index contributed by atoms with van der Waals surface area (Å²) < 4.78 is 40.4. The second-order valence-electron chi connectivity index (χ2n) is 6.88. The van der Waals surface area contributed by atoms with Gasteiger partial charge in [-0.1, -0.05) is 18.2 Å². The van der Waals surface area contributed by atoms with Gasteiger partial charge < -0.3 is 10.2 Å². The Hall–Kier alpha value is -2.26. The Morgan fingerprint density at radius 3 is 2.61 bits per heavy atom. The van der Waals surface area contributed by atoms with Crippen LogP contribution in [0.4, 0.5) is 16.0 Å². The molecule has 2 heterocycles. The van der Waals surface area contributed by atoms with Gasteiger partial charge in [0, 0.05) is 37.8 Å². The molecule has 0 unspecified atom stereocenters. The molecule has 2 aromatic rings. The Morgan fingerprint density at radius 2 is 1.86 bits per heavy atom. The normalized spacial score (nSPS) is 14.9. The van der Waals surface area contributed by atoms with Crippen molar-refractivity contribution in [2.24, 2.45) is 0 Å². The zero-order chi connectivity index (χ0) is 20.0. The van der Waals surface area contributed by atoms with Gasteiger partial charge in [-0.2, -0.15) is 0 Å². The number of rotatable bonds is 8. The maximum absolute atomic E-state index is 13.6. The van der Waals surface area contributed by atoms with E-state index in [4.69, 9.17) is 0 Å². The summed E-state index contributed by atoms with van der Waals surface area (Å²) in [5, 5.41) is 3.13. The van der Waals surface area contributed by atoms with Gasteiger partial charge in [-0.15, -0.1) is 0 Å². The highest BCUT2D eigenvalue weighted by Crippen LogP contribution is 2.20. The van der Waals surface area contributed by atoms with Crippen molar-refractivity contribution in [1.29, 1.82) is 0 Å². The van der Waals surface area contributed by atoms with E-state index in [1.165, 1.54) is 24.6 Å². The van der Waals surface area contributed by atoms with Gasteiger partial charge in [-0.25, -0.2) is 27.5 Å². The molecule has 2 N–H and O–H groups in total. The molecular weight excluding hydrogens is 381 g/mol. The molecule has 1 fully saturated rings. The first kappa shape index (κ1) is 20.5. The molecule has 7 nitrogen and oxygen atoms in total. The minimum atomic E-state index is -3.62. The lowest BCUT2D eigenvalue weighted by Gasteiger charge is -2.28. The van der Waals surface area contributed by atoms with Crippen molar-refractivity contribution < 1.29 is 12.8 Å². The Morgan fingerprint density at radius 1 is 1.11 bits per heavy atom. The first-order valence-corrected chi connectivity index (χ1v) is 11.1. The fourth-order valence-corrected chi connectivity index (χ4v) is 4.35. The fraction of sp³-hybridized carbons (Fsp3) is 0.474. The van der Waals surface area contributed by atoms with Crippen LogP contribution in [0.25, 0.3) is 0 Å². The summed E-state index contributed by atoms with van der Waals surface area (Å²) in [6, 6.07) is 7.77. The fourth-order valence-electron chi connectivity index (χ4n) is 3.20. The van der Waals surface area contributed by atoms with Crippen molar-refractivity contribution in [2.45, 2.75) is 31.9 Å². The van der Waals surface area contributed by atoms with Gasteiger partial charge in [0.1, 0.15) is 23.3 Å². The zero-order valence-corrected chi connectivity index (χ0v) is 16.8. The quantitative estimate of drug-likeness (QED) is 0.654. The Bertz CT molecular complexity index is 901. The van der Waals surface area contributed by atoms with Crippen LogP contribution in [0.5, 0.6) is 0 Å². The SMILES string of the molecule is Cc1nc(NCCNS(=O)(=O)Cc2ccccc2F)cc(N2CCCCC2)n1. The summed E-state index contributed by atoms with van der Waals surface area (Å²) in [5.41, 5.74) is 0.153. The van der Waals surface area contributed by atoms with Crippen molar-refractivity contribution in [3.8, 4) is 0 Å². The number of hydrogen-bond acceptors (Lipinski definition) is 6. The molecule has 3 rings (SSSR count). The van der Waals surface area contributed by atoms with Crippen LogP contribution in [0.3, 0.4) is 0 Å². The number of sulfonamides is 1. The first-order valence-electron chi connectivity index (χ1n) is 9.48. The van der Waals surface area contributed by atoms with Gasteiger partial charge in [0.25, 0.3) is 0 Å². The molecule has 0 amide bonds. The molecule has 0 atom stereocenters. The van der Waals surface area contributed by atoms with Crippen LogP contribution in [-0.4, -0.2) is 44.6 Å². The van der Waals surface area contributed by atoms with Crippen molar-refractivity contribution in [1.82, 2.24) is 14.7 Å². The molecule has 1 aromatic heterocycles. The van der Waals surface area contributed by atoms with E-state index in [2.05, 4.69) is 24.9 Å². The van der Waals surface area contributed by atoms with Gasteiger partial charge in [0.05, 0.1) is 5.75 Å². The third-order valence-corrected chi connectivity index (χ3v) is 5.90. The summed E-state index contributed by atoms with van der Waals surface area (Å²) in [4.78, 5) is 11.1. The van der Waals surface area contributed by atoms with E-state index in [1.54, 1.807) is 6.07 Å². The van der Waals surface area contributed by atoms with Crippen LogP contribution in [0, 0.1) is 12.7 Å². The lowest BCUT2D eigenvalue weighted by atomic mass is 10.1. The monoisotopic (exact) mass is 407 g/mol. The molecule has 1 saturated heterocycles. The molecule has 1 aromatic carbocycles. The molecule has 0 spiro atoms. The Labute approximate surface area is 165 Å². The standard InChI is InChI=1S/C19H26FN5O2S/c1-15-23-18(13-19(24-15)25-11-5-2-6-12-25)21-9-10-22-28(26,27)14-16-7-3-4-8-17(16)20/h3-4,7-8,13,22H,2,5-6,9-12,14H2,1H3,(H,21,23,24). The minimum absolute atomic E-state index is 0.153. The molecule has 0 bridgehead atoms. The predicted octanol–water partition coefficient (Wildman–Crippen LogP) is 2.45. The summed E-state index contributed by atoms with van der Waals surface area (Å²) in [6.07, 6.45) is 3.57. The van der Waals surface area contributed by atoms with Crippen LogP contribution < -0.4 is 14.9 Å². The topological polar surface area (TPSA) is 87.2 Å². The van der Waals surface area contributed by atoms with Gasteiger partial charge in [0.2, 0.25) is 10.0 Å². The van der Waals surface area contributed by atoms with Gasteiger partial charge in [0.15, 0.2) is 0 Å². The van der Waals surface area contributed by atoms with Gasteiger partial charge >= 0.3 is 0 Å². The molecule has 0 aliphatic carbocycles. The number of benzene rings is 1. The molecule has 28 heavy (non-hydrogen) atoms. The summed E-state index contributed by atoms with van der Waals surface area (Å²) in [6.45, 7) is 4.37. The highest BCUT2D eigenvalue weighted by molar-refractivity contribution is 7.88. The highest BCUT2D eigenvalue weighted by Gasteiger charge is 2.15. The van der Waals surface area contributed by atoms with E-state index in [0.717, 1.165) is 31.7 Å². The molecule has 0 radical (unpaired) electrons. The molecule has 9 heteroatoms. The average Bonchev–Trinajstić information content (AvgIpc) is 2.67. The number of nitrogens with zero attached hydrogens (tertiary/aromatic N) is 3. The van der Waals surface area contributed by atoms with Crippen molar-refractivity contribution in [3.05, 3.63) is 47.5 Å². The first-order chi connectivity index (χ1) is 13.4. The predicted molar refractivity (Wildman–Crippen MR) is 108 cm³/mol. The van der Waals surface area contributed by atoms with E-state index in [-0.39, 0.29) is 17.9 Å². The third-order valence-electron chi connectivity index (χ3n) is 4.56. The van der Waals surface area contributed by atoms with Crippen LogP contribution in [-0.2, 0) is 15.8 Å². The van der Waals surface area contributed by atoms with E-state index >= 15 is 0 Å². The maximum atomic E-state index is 13.6. The van der Waals surface area contributed by atoms with E-state index < -0.39 is 15.8 Å². The summed E-state index contributed by atoms with van der Waals surface area (Å²) in [5.74, 6) is 1.33. The smallest absolute Gasteiger partial charge is 0.215 e. The largest absolute Gasteiger partial charge is 0.369 e. The van der Waals surface area contributed by atoms with Crippen molar-refractivity contribution in [3.63, 3.8) is 0 Å². The molecule has 152 valence electrons. The third kappa shape index (κ3) is 5.87. The van der Waals surface area contributed by atoms with E-state index in [9.17, 15) is 12.8 Å². The molecule has 1 aliphatic heterocycles. The van der Waals surface area contributed by atoms with Crippen LogP contribution in [0.1, 0.15) is 30.7 Å². The zero-order valence-electron chi connectivity index (χ0n) is 16.0. The number of aromatic nitrogens is 2. The van der Waals surface area contributed by atoms with Crippen LogP contribution >= 0.6 is 0 Å². The lowest BCUT2D eigenvalue weighted by Crippen LogP contribution is -2.31. The number of nitrogens with one attached hydrogen (secondary N) is 2. The van der Waals surface area contributed by atoms with Crippen molar-refractivity contribution >= 4 is 21.7 Å². The van der Waals surface area contributed by atoms with Crippen molar-refractivity contribution in [2.75, 3.05) is 36.4 Å². The second-order valence-corrected chi connectivity index (χ2v) is 8.68. The Kier molecular flexibility index (Phi) is 6.79. The van der Waals surface area contributed by atoms with E-state index in [0.29, 0.717) is 18.2 Å². The number of aryl methyl sites for hydroxylation is 1. The lowest BCUT2D eigenvalue weighted by molar-refractivity contribution is 0.572. The molecular formula is C19H26FN5O2S.